The number of furan rings is 1. The number of anilines is 3. The number of thiophene rings is 1. The number of para-hydroxylation sites is 2. The maximum Gasteiger partial charge on any atom is 0.143 e. The molecular formula is C52H33NOS. The Bertz CT molecular complexity index is 3180. The van der Waals surface area contributed by atoms with Gasteiger partial charge in [-0.15, -0.1) is 11.3 Å². The quantitative estimate of drug-likeness (QED) is 0.170. The molecule has 9 aromatic carbocycles. The fourth-order valence-electron chi connectivity index (χ4n) is 8.35. The van der Waals surface area contributed by atoms with Crippen molar-refractivity contribution in [2.45, 2.75) is 0 Å². The molecule has 0 bridgehead atoms. The minimum atomic E-state index is 0.906. The summed E-state index contributed by atoms with van der Waals surface area (Å²) in [6.45, 7) is 0. The van der Waals surface area contributed by atoms with Crippen molar-refractivity contribution in [1.82, 2.24) is 0 Å². The highest BCUT2D eigenvalue weighted by Crippen LogP contribution is 2.53. The van der Waals surface area contributed by atoms with E-state index in [4.69, 9.17) is 4.42 Å². The van der Waals surface area contributed by atoms with Crippen LogP contribution >= 0.6 is 11.3 Å². The Morgan fingerprint density at radius 1 is 0.382 bits per heavy atom. The van der Waals surface area contributed by atoms with Gasteiger partial charge in [-0.2, -0.15) is 0 Å². The monoisotopic (exact) mass is 719 g/mol. The van der Waals surface area contributed by atoms with E-state index in [1.807, 2.05) is 23.5 Å². The Morgan fingerprint density at radius 2 is 0.927 bits per heavy atom. The van der Waals surface area contributed by atoms with Gasteiger partial charge in [0.15, 0.2) is 0 Å². The van der Waals surface area contributed by atoms with E-state index in [0.717, 1.165) is 44.4 Å². The molecule has 0 fully saturated rings. The Labute approximate surface area is 322 Å². The Morgan fingerprint density at radius 3 is 1.65 bits per heavy atom. The molecule has 0 aliphatic heterocycles. The topological polar surface area (TPSA) is 16.4 Å². The molecule has 0 aliphatic rings. The van der Waals surface area contributed by atoms with Gasteiger partial charge in [0.25, 0.3) is 0 Å². The highest BCUT2D eigenvalue weighted by molar-refractivity contribution is 7.26. The predicted octanol–water partition coefficient (Wildman–Crippen LogP) is 15.6. The number of nitrogens with zero attached hydrogens (tertiary/aromatic N) is 1. The average Bonchev–Trinajstić information content (AvgIpc) is 3.84. The summed E-state index contributed by atoms with van der Waals surface area (Å²) in [5.74, 6) is 0. The van der Waals surface area contributed by atoms with Gasteiger partial charge in [-0.25, -0.2) is 0 Å². The molecule has 0 saturated heterocycles. The summed E-state index contributed by atoms with van der Waals surface area (Å²) in [7, 11) is 0. The van der Waals surface area contributed by atoms with Gasteiger partial charge in [-0.1, -0.05) is 164 Å². The Balaban J connectivity index is 1.20. The normalized spacial score (nSPS) is 11.6. The zero-order valence-corrected chi connectivity index (χ0v) is 30.6. The number of hydrogen-bond acceptors (Lipinski definition) is 3. The first-order chi connectivity index (χ1) is 27.3. The molecule has 3 heteroatoms. The van der Waals surface area contributed by atoms with E-state index >= 15 is 0 Å². The highest BCUT2D eigenvalue weighted by atomic mass is 32.1. The molecule has 0 spiro atoms. The third kappa shape index (κ3) is 5.16. The van der Waals surface area contributed by atoms with Crippen LogP contribution in [0.1, 0.15) is 0 Å². The van der Waals surface area contributed by atoms with Gasteiger partial charge in [0.05, 0.1) is 5.69 Å². The number of fused-ring (bicyclic) bond motifs is 8. The molecule has 11 rings (SSSR count). The van der Waals surface area contributed by atoms with Gasteiger partial charge in [0, 0.05) is 58.8 Å². The molecule has 0 N–H and O–H groups in total. The molecule has 11 aromatic rings. The molecule has 55 heavy (non-hydrogen) atoms. The first kappa shape index (κ1) is 31.6. The maximum absolute atomic E-state index is 6.48. The van der Waals surface area contributed by atoms with Crippen molar-refractivity contribution in [2.24, 2.45) is 0 Å². The Hall–Kier alpha value is -6.94. The number of rotatable bonds is 6. The molecular weight excluding hydrogens is 687 g/mol. The second-order valence-corrected chi connectivity index (χ2v) is 15.1. The summed E-state index contributed by atoms with van der Waals surface area (Å²) in [6.07, 6.45) is 0. The lowest BCUT2D eigenvalue weighted by atomic mass is 9.91. The van der Waals surface area contributed by atoms with Crippen molar-refractivity contribution < 1.29 is 4.42 Å². The number of benzene rings is 9. The fraction of sp³-hybridized carbons (Fsp3) is 0. The lowest BCUT2D eigenvalue weighted by molar-refractivity contribution is 0.670. The van der Waals surface area contributed by atoms with Crippen LogP contribution < -0.4 is 4.90 Å². The fourth-order valence-corrected chi connectivity index (χ4v) is 9.59. The van der Waals surface area contributed by atoms with Crippen molar-refractivity contribution >= 4 is 81.3 Å². The van der Waals surface area contributed by atoms with Crippen molar-refractivity contribution in [3.8, 4) is 33.4 Å². The third-order valence-corrected chi connectivity index (χ3v) is 12.1. The van der Waals surface area contributed by atoms with Crippen molar-refractivity contribution in [3.05, 3.63) is 200 Å². The molecule has 0 atom stereocenters. The molecule has 0 unspecified atom stereocenters. The molecule has 0 amide bonds. The molecule has 2 heterocycles. The summed E-state index contributed by atoms with van der Waals surface area (Å²) in [5.41, 5.74) is 12.2. The maximum atomic E-state index is 6.48. The largest absolute Gasteiger partial charge is 0.455 e. The second-order valence-electron chi connectivity index (χ2n) is 14.0. The van der Waals surface area contributed by atoms with Gasteiger partial charge >= 0.3 is 0 Å². The average molecular weight is 720 g/mol. The van der Waals surface area contributed by atoms with Crippen LogP contribution in [0.25, 0.3) is 86.3 Å². The van der Waals surface area contributed by atoms with Crippen LogP contribution in [0.2, 0.25) is 0 Å². The molecule has 0 saturated carbocycles. The van der Waals surface area contributed by atoms with E-state index in [1.165, 1.54) is 58.9 Å². The van der Waals surface area contributed by atoms with Gasteiger partial charge in [-0.3, -0.25) is 0 Å². The second kappa shape index (κ2) is 12.9. The van der Waals surface area contributed by atoms with E-state index in [0.29, 0.717) is 0 Å². The minimum Gasteiger partial charge on any atom is -0.455 e. The third-order valence-electron chi connectivity index (χ3n) is 10.9. The molecule has 258 valence electrons. The smallest absolute Gasteiger partial charge is 0.143 e. The minimum absolute atomic E-state index is 0.906. The molecule has 2 aromatic heterocycles. The zero-order chi connectivity index (χ0) is 36.3. The van der Waals surface area contributed by atoms with Gasteiger partial charge in [0.2, 0.25) is 0 Å². The lowest BCUT2D eigenvalue weighted by Crippen LogP contribution is -2.12. The van der Waals surface area contributed by atoms with Gasteiger partial charge in [-0.05, 0) is 64.0 Å². The highest BCUT2D eigenvalue weighted by Gasteiger charge is 2.26. The van der Waals surface area contributed by atoms with Gasteiger partial charge in [0.1, 0.15) is 11.2 Å². The van der Waals surface area contributed by atoms with Crippen LogP contribution in [-0.4, -0.2) is 0 Å². The van der Waals surface area contributed by atoms with E-state index in [2.05, 4.69) is 193 Å². The Kier molecular flexibility index (Phi) is 7.39. The zero-order valence-electron chi connectivity index (χ0n) is 29.8. The predicted molar refractivity (Wildman–Crippen MR) is 235 cm³/mol. The van der Waals surface area contributed by atoms with Crippen LogP contribution in [0.4, 0.5) is 17.1 Å². The molecule has 0 radical (unpaired) electrons. The van der Waals surface area contributed by atoms with E-state index in [-0.39, 0.29) is 0 Å². The van der Waals surface area contributed by atoms with Crippen LogP contribution in [-0.2, 0) is 0 Å². The first-order valence-electron chi connectivity index (χ1n) is 18.7. The van der Waals surface area contributed by atoms with Crippen LogP contribution in [0, 0.1) is 0 Å². The standard InChI is InChI=1S/C52H33NOS/c1-3-14-34(15-4-1)35-26-30-38(31-27-35)53(39-32-28-36(29-33-39)40-22-13-23-43-41-18-9-11-24-46(41)54-51(40)43)50-48(37-16-5-2-6-17-37)42-19-7-8-20-44(42)52-49(50)45-21-10-12-25-47(45)55-52/h1-33H. The van der Waals surface area contributed by atoms with Crippen LogP contribution in [0.3, 0.4) is 0 Å². The SMILES string of the molecule is c1ccc(-c2ccc(N(c3ccc(-c4cccc5c4oc4ccccc45)cc3)c3c(-c4ccccc4)c4ccccc4c4sc5ccccc5c34)cc2)cc1. The number of hydrogen-bond donors (Lipinski definition) is 0. The summed E-state index contributed by atoms with van der Waals surface area (Å²) >= 11 is 1.88. The summed E-state index contributed by atoms with van der Waals surface area (Å²) in [5, 5.41) is 7.31. The van der Waals surface area contributed by atoms with E-state index in [1.54, 1.807) is 0 Å². The van der Waals surface area contributed by atoms with Crippen molar-refractivity contribution in [2.75, 3.05) is 4.90 Å². The first-order valence-corrected chi connectivity index (χ1v) is 19.5. The van der Waals surface area contributed by atoms with Crippen LogP contribution in [0.15, 0.2) is 205 Å². The van der Waals surface area contributed by atoms with Crippen molar-refractivity contribution in [1.29, 1.82) is 0 Å². The molecule has 0 aliphatic carbocycles. The lowest BCUT2D eigenvalue weighted by Gasteiger charge is -2.30. The van der Waals surface area contributed by atoms with Gasteiger partial charge < -0.3 is 9.32 Å². The van der Waals surface area contributed by atoms with E-state index in [9.17, 15) is 0 Å². The van der Waals surface area contributed by atoms with Crippen molar-refractivity contribution in [3.63, 3.8) is 0 Å². The molecule has 2 nitrogen and oxygen atoms in total. The summed E-state index contributed by atoms with van der Waals surface area (Å²) in [4.78, 5) is 2.48. The summed E-state index contributed by atoms with van der Waals surface area (Å²) < 4.78 is 9.06. The van der Waals surface area contributed by atoms with E-state index < -0.39 is 0 Å². The summed E-state index contributed by atoms with van der Waals surface area (Å²) in [6, 6.07) is 72.1. The van der Waals surface area contributed by atoms with Crippen LogP contribution in [0.5, 0.6) is 0 Å².